The highest BCUT2D eigenvalue weighted by Crippen LogP contribution is 2.09. The molecule has 1 fully saturated rings. The fraction of sp³-hybridized carbons (Fsp3) is 0.786. The molecule has 4 nitrogen and oxygen atoms in total. The number of rotatable bonds is 7. The number of aromatic nitrogens is 1. The molecule has 1 aromatic heterocycles. The Hall–Kier alpha value is -0.870. The molecule has 0 bridgehead atoms. The zero-order valence-electron chi connectivity index (χ0n) is 11.5. The summed E-state index contributed by atoms with van der Waals surface area (Å²) in [5.74, 6) is 0.920. The molecule has 0 spiro atoms. The molecule has 1 N–H and O–H groups in total. The summed E-state index contributed by atoms with van der Waals surface area (Å²) in [6.45, 7) is 7.97. The van der Waals surface area contributed by atoms with E-state index in [9.17, 15) is 0 Å². The topological polar surface area (TPSA) is 41.3 Å². The molecule has 0 unspecified atom stereocenters. The van der Waals surface area contributed by atoms with Gasteiger partial charge < -0.3 is 14.7 Å². The van der Waals surface area contributed by atoms with Crippen molar-refractivity contribution in [2.45, 2.75) is 39.0 Å². The average molecular weight is 251 g/mol. The van der Waals surface area contributed by atoms with Crippen LogP contribution in [0.1, 0.15) is 37.1 Å². The monoisotopic (exact) mass is 251 g/mol. The quantitative estimate of drug-likeness (QED) is 0.753. The molecule has 1 aliphatic rings. The summed E-state index contributed by atoms with van der Waals surface area (Å²) >= 11 is 0. The normalized spacial score (nSPS) is 17.2. The van der Waals surface area contributed by atoms with Gasteiger partial charge in [0.1, 0.15) is 5.76 Å². The van der Waals surface area contributed by atoms with Gasteiger partial charge in [0.25, 0.3) is 0 Å². The molecule has 0 aliphatic carbocycles. The van der Waals surface area contributed by atoms with Crippen LogP contribution >= 0.6 is 0 Å². The van der Waals surface area contributed by atoms with E-state index in [1.807, 2.05) is 13.0 Å². The molecule has 0 amide bonds. The van der Waals surface area contributed by atoms with Crippen molar-refractivity contribution in [2.75, 3.05) is 32.7 Å². The minimum atomic E-state index is 0.920. The van der Waals surface area contributed by atoms with Gasteiger partial charge in [-0.15, -0.1) is 0 Å². The summed E-state index contributed by atoms with van der Waals surface area (Å²) in [5.41, 5.74) is 1.11. The third-order valence-corrected chi connectivity index (χ3v) is 3.54. The number of unbranched alkanes of at least 4 members (excludes halogenated alkanes) is 3. The van der Waals surface area contributed by atoms with Gasteiger partial charge in [0.15, 0.2) is 0 Å². The Kier molecular flexibility index (Phi) is 5.68. The average Bonchev–Trinajstić information content (AvgIpc) is 2.81. The lowest BCUT2D eigenvalue weighted by atomic mass is 10.1. The number of aryl methyl sites for hydroxylation is 2. The lowest BCUT2D eigenvalue weighted by Crippen LogP contribution is -2.43. The highest BCUT2D eigenvalue weighted by Gasteiger charge is 2.08. The van der Waals surface area contributed by atoms with Gasteiger partial charge in [-0.3, -0.25) is 0 Å². The van der Waals surface area contributed by atoms with Crippen molar-refractivity contribution in [3.63, 3.8) is 0 Å². The summed E-state index contributed by atoms with van der Waals surface area (Å²) in [5, 5.41) is 7.40. The Bertz CT molecular complexity index is 332. The number of nitrogens with one attached hydrogen (secondary N) is 1. The molecule has 1 saturated heterocycles. The predicted molar refractivity (Wildman–Crippen MR) is 72.7 cm³/mol. The summed E-state index contributed by atoms with van der Waals surface area (Å²) in [6.07, 6.45) is 6.26. The summed E-state index contributed by atoms with van der Waals surface area (Å²) < 4.78 is 5.06. The van der Waals surface area contributed by atoms with Crippen LogP contribution in [0.2, 0.25) is 0 Å². The summed E-state index contributed by atoms with van der Waals surface area (Å²) in [6, 6.07) is 2.04. The Morgan fingerprint density at radius 2 is 2.00 bits per heavy atom. The minimum absolute atomic E-state index is 0.920. The van der Waals surface area contributed by atoms with Crippen molar-refractivity contribution in [1.82, 2.24) is 15.4 Å². The van der Waals surface area contributed by atoms with Crippen LogP contribution in [-0.4, -0.2) is 42.8 Å². The highest BCUT2D eigenvalue weighted by molar-refractivity contribution is 5.03. The molecule has 2 rings (SSSR count). The van der Waals surface area contributed by atoms with Crippen LogP contribution in [0.3, 0.4) is 0 Å². The second-order valence-electron chi connectivity index (χ2n) is 5.18. The molecular weight excluding hydrogens is 226 g/mol. The van der Waals surface area contributed by atoms with Crippen molar-refractivity contribution in [2.24, 2.45) is 0 Å². The van der Waals surface area contributed by atoms with Crippen LogP contribution in [0, 0.1) is 6.92 Å². The van der Waals surface area contributed by atoms with Gasteiger partial charge >= 0.3 is 0 Å². The third kappa shape index (κ3) is 4.78. The predicted octanol–water partition coefficient (Wildman–Crippen LogP) is 1.99. The van der Waals surface area contributed by atoms with Crippen LogP contribution in [-0.2, 0) is 6.42 Å². The van der Waals surface area contributed by atoms with E-state index >= 15 is 0 Å². The van der Waals surface area contributed by atoms with Gasteiger partial charge in [0.2, 0.25) is 0 Å². The fourth-order valence-corrected chi connectivity index (χ4v) is 2.47. The zero-order valence-corrected chi connectivity index (χ0v) is 11.5. The first-order valence-corrected chi connectivity index (χ1v) is 7.20. The number of nitrogens with zero attached hydrogens (tertiary/aromatic N) is 2. The molecule has 0 saturated carbocycles. The standard InChI is InChI=1S/C14H25N3O/c1-13-12-14(16-18-13)6-4-2-3-5-9-17-10-7-15-8-11-17/h12,15H,2-11H2,1H3. The van der Waals surface area contributed by atoms with Gasteiger partial charge in [-0.1, -0.05) is 18.0 Å². The lowest BCUT2D eigenvalue weighted by Gasteiger charge is -2.26. The first kappa shape index (κ1) is 13.6. The Morgan fingerprint density at radius 3 is 2.72 bits per heavy atom. The molecule has 0 aromatic carbocycles. The van der Waals surface area contributed by atoms with Gasteiger partial charge in [-0.25, -0.2) is 0 Å². The Balaban J connectivity index is 1.46. The molecular formula is C14H25N3O. The maximum absolute atomic E-state index is 5.06. The van der Waals surface area contributed by atoms with E-state index in [1.165, 1.54) is 45.3 Å². The van der Waals surface area contributed by atoms with Crippen LogP contribution in [0.25, 0.3) is 0 Å². The van der Waals surface area contributed by atoms with E-state index in [0.29, 0.717) is 0 Å². The Labute approximate surface area is 110 Å². The maximum Gasteiger partial charge on any atom is 0.133 e. The van der Waals surface area contributed by atoms with Crippen molar-refractivity contribution in [3.05, 3.63) is 17.5 Å². The third-order valence-electron chi connectivity index (χ3n) is 3.54. The first-order valence-electron chi connectivity index (χ1n) is 7.20. The van der Waals surface area contributed by atoms with Gasteiger partial charge in [0, 0.05) is 32.2 Å². The van der Waals surface area contributed by atoms with Crippen LogP contribution < -0.4 is 5.32 Å². The number of hydrogen-bond donors (Lipinski definition) is 1. The number of hydrogen-bond acceptors (Lipinski definition) is 4. The molecule has 0 radical (unpaired) electrons. The van der Waals surface area contributed by atoms with Crippen molar-refractivity contribution < 1.29 is 4.52 Å². The fourth-order valence-electron chi connectivity index (χ4n) is 2.47. The van der Waals surface area contributed by atoms with E-state index in [1.54, 1.807) is 0 Å². The maximum atomic E-state index is 5.06. The summed E-state index contributed by atoms with van der Waals surface area (Å²) in [7, 11) is 0. The van der Waals surface area contributed by atoms with E-state index in [-0.39, 0.29) is 0 Å². The van der Waals surface area contributed by atoms with Crippen LogP contribution in [0.15, 0.2) is 10.6 Å². The molecule has 0 atom stereocenters. The zero-order chi connectivity index (χ0) is 12.6. The molecule has 4 heteroatoms. The lowest BCUT2D eigenvalue weighted by molar-refractivity contribution is 0.236. The largest absolute Gasteiger partial charge is 0.361 e. The molecule has 18 heavy (non-hydrogen) atoms. The summed E-state index contributed by atoms with van der Waals surface area (Å²) in [4.78, 5) is 2.57. The molecule has 1 aliphatic heterocycles. The van der Waals surface area contributed by atoms with Gasteiger partial charge in [-0.05, 0) is 32.7 Å². The second kappa shape index (κ2) is 7.54. The highest BCUT2D eigenvalue weighted by atomic mass is 16.5. The van der Waals surface area contributed by atoms with Crippen LogP contribution in [0.5, 0.6) is 0 Å². The molecule has 102 valence electrons. The Morgan fingerprint density at radius 1 is 1.22 bits per heavy atom. The first-order chi connectivity index (χ1) is 8.84. The van der Waals surface area contributed by atoms with Crippen LogP contribution in [0.4, 0.5) is 0 Å². The van der Waals surface area contributed by atoms with Crippen molar-refractivity contribution >= 4 is 0 Å². The van der Waals surface area contributed by atoms with E-state index in [2.05, 4.69) is 15.4 Å². The number of piperazine rings is 1. The van der Waals surface area contributed by atoms with E-state index < -0.39 is 0 Å². The van der Waals surface area contributed by atoms with E-state index in [0.717, 1.165) is 31.0 Å². The SMILES string of the molecule is Cc1cc(CCCCCCN2CCNCC2)no1. The van der Waals surface area contributed by atoms with Crippen molar-refractivity contribution in [3.8, 4) is 0 Å². The van der Waals surface area contributed by atoms with Gasteiger partial charge in [0.05, 0.1) is 5.69 Å². The minimum Gasteiger partial charge on any atom is -0.361 e. The smallest absolute Gasteiger partial charge is 0.133 e. The van der Waals surface area contributed by atoms with E-state index in [4.69, 9.17) is 4.52 Å². The molecule has 2 heterocycles. The molecule has 1 aromatic rings. The van der Waals surface area contributed by atoms with Gasteiger partial charge in [-0.2, -0.15) is 0 Å². The second-order valence-corrected chi connectivity index (χ2v) is 5.18. The van der Waals surface area contributed by atoms with Crippen molar-refractivity contribution in [1.29, 1.82) is 0 Å².